The second-order valence-electron chi connectivity index (χ2n) is 5.61. The Morgan fingerprint density at radius 3 is 1.52 bits per heavy atom. The zero-order chi connectivity index (χ0) is 16.4. The summed E-state index contributed by atoms with van der Waals surface area (Å²) in [5.41, 5.74) is 6.45. The van der Waals surface area contributed by atoms with Crippen LogP contribution in [0.15, 0.2) is 66.7 Å². The van der Waals surface area contributed by atoms with Crippen molar-refractivity contribution in [1.29, 1.82) is 0 Å². The van der Waals surface area contributed by atoms with Gasteiger partial charge in [0.2, 0.25) is 0 Å². The molecule has 0 unspecified atom stereocenters. The Hall–Kier alpha value is -2.54. The van der Waals surface area contributed by atoms with Crippen LogP contribution in [0.4, 0.5) is 0 Å². The van der Waals surface area contributed by atoms with Crippen molar-refractivity contribution in [2.24, 2.45) is 0 Å². The van der Waals surface area contributed by atoms with E-state index in [1.165, 1.54) is 38.6 Å². The summed E-state index contributed by atoms with van der Waals surface area (Å²) in [6.45, 7) is 8.40. The van der Waals surface area contributed by atoms with Crippen molar-refractivity contribution in [3.8, 4) is 5.69 Å². The van der Waals surface area contributed by atoms with Crippen molar-refractivity contribution < 1.29 is 0 Å². The van der Waals surface area contributed by atoms with E-state index in [0.29, 0.717) is 0 Å². The fourth-order valence-electron chi connectivity index (χ4n) is 3.31. The van der Waals surface area contributed by atoms with E-state index in [2.05, 4.69) is 85.1 Å². The molecule has 4 rings (SSSR count). The molecule has 0 saturated heterocycles. The predicted octanol–water partition coefficient (Wildman–Crippen LogP) is 6.43. The molecule has 0 radical (unpaired) electrons. The molecule has 0 spiro atoms. The van der Waals surface area contributed by atoms with Crippen LogP contribution in [-0.4, -0.2) is 4.57 Å². The fraction of sp³-hybridized carbons (Fsp3) is 0.182. The smallest absolute Gasteiger partial charge is 0.0543 e. The van der Waals surface area contributed by atoms with Crippen LogP contribution in [0.3, 0.4) is 0 Å². The maximum Gasteiger partial charge on any atom is 0.0543 e. The summed E-state index contributed by atoms with van der Waals surface area (Å²) in [7, 11) is 0. The SMILES string of the molecule is CC.Cc1cccc2c1c1c(C)cccc1n2-c1ccccc1. The molecule has 1 heterocycles. The summed E-state index contributed by atoms with van der Waals surface area (Å²) in [6, 6.07) is 23.7. The molecule has 0 fully saturated rings. The van der Waals surface area contributed by atoms with Crippen LogP contribution in [0, 0.1) is 13.8 Å². The third-order valence-electron chi connectivity index (χ3n) is 4.25. The molecule has 4 aromatic rings. The highest BCUT2D eigenvalue weighted by atomic mass is 15.0. The predicted molar refractivity (Wildman–Crippen MR) is 102 cm³/mol. The van der Waals surface area contributed by atoms with E-state index >= 15 is 0 Å². The van der Waals surface area contributed by atoms with Crippen LogP contribution in [0.25, 0.3) is 27.5 Å². The van der Waals surface area contributed by atoms with Crippen LogP contribution in [0.1, 0.15) is 25.0 Å². The maximum atomic E-state index is 2.37. The third-order valence-corrected chi connectivity index (χ3v) is 4.25. The Bertz CT molecular complexity index is 887. The molecular formula is C22H23N. The molecule has 23 heavy (non-hydrogen) atoms. The van der Waals surface area contributed by atoms with Gasteiger partial charge in [-0.3, -0.25) is 0 Å². The van der Waals surface area contributed by atoms with Crippen LogP contribution in [0.5, 0.6) is 0 Å². The van der Waals surface area contributed by atoms with Crippen LogP contribution < -0.4 is 0 Å². The first-order valence-electron chi connectivity index (χ1n) is 8.32. The number of fused-ring (bicyclic) bond motifs is 3. The van der Waals surface area contributed by atoms with Gasteiger partial charge in [0, 0.05) is 16.5 Å². The maximum absolute atomic E-state index is 2.37. The third kappa shape index (κ3) is 2.43. The normalized spacial score (nSPS) is 10.6. The number of para-hydroxylation sites is 1. The monoisotopic (exact) mass is 301 g/mol. The molecule has 0 aliphatic rings. The van der Waals surface area contributed by atoms with E-state index in [-0.39, 0.29) is 0 Å². The van der Waals surface area contributed by atoms with Crippen molar-refractivity contribution in [2.45, 2.75) is 27.7 Å². The van der Waals surface area contributed by atoms with E-state index < -0.39 is 0 Å². The van der Waals surface area contributed by atoms with Gasteiger partial charge in [-0.1, -0.05) is 56.3 Å². The Morgan fingerprint density at radius 2 is 1.04 bits per heavy atom. The van der Waals surface area contributed by atoms with Gasteiger partial charge in [-0.25, -0.2) is 0 Å². The molecular weight excluding hydrogens is 278 g/mol. The lowest BCUT2D eigenvalue weighted by Gasteiger charge is -2.07. The highest BCUT2D eigenvalue weighted by molar-refractivity contribution is 6.12. The minimum atomic E-state index is 1.22. The van der Waals surface area contributed by atoms with E-state index in [4.69, 9.17) is 0 Å². The molecule has 0 aliphatic heterocycles. The summed E-state index contributed by atoms with van der Waals surface area (Å²) in [4.78, 5) is 0. The lowest BCUT2D eigenvalue weighted by molar-refractivity contribution is 1.18. The Kier molecular flexibility index (Phi) is 4.20. The molecule has 0 atom stereocenters. The first-order valence-corrected chi connectivity index (χ1v) is 8.32. The van der Waals surface area contributed by atoms with E-state index in [0.717, 1.165) is 0 Å². The van der Waals surface area contributed by atoms with Crippen molar-refractivity contribution in [3.05, 3.63) is 77.9 Å². The van der Waals surface area contributed by atoms with E-state index in [9.17, 15) is 0 Å². The summed E-state index contributed by atoms with van der Waals surface area (Å²) in [5.74, 6) is 0. The summed E-state index contributed by atoms with van der Waals surface area (Å²) in [5, 5.41) is 2.74. The quantitative estimate of drug-likeness (QED) is 0.382. The van der Waals surface area contributed by atoms with Crippen LogP contribution >= 0.6 is 0 Å². The first kappa shape index (κ1) is 15.4. The van der Waals surface area contributed by atoms with E-state index in [1.807, 2.05) is 13.8 Å². The van der Waals surface area contributed by atoms with Gasteiger partial charge in [-0.05, 0) is 49.2 Å². The van der Waals surface area contributed by atoms with Gasteiger partial charge < -0.3 is 4.57 Å². The lowest BCUT2D eigenvalue weighted by Crippen LogP contribution is -1.92. The summed E-state index contributed by atoms with van der Waals surface area (Å²) < 4.78 is 2.37. The van der Waals surface area contributed by atoms with Gasteiger partial charge in [-0.15, -0.1) is 0 Å². The largest absolute Gasteiger partial charge is 0.309 e. The standard InChI is InChI=1S/C20H17N.C2H6/c1-14-8-6-12-17-19(14)20-15(2)9-7-13-18(20)21(17)16-10-4-3-5-11-16;1-2/h3-13H,1-2H3;1-2H3. The number of aryl methyl sites for hydroxylation is 2. The minimum absolute atomic E-state index is 1.22. The van der Waals surface area contributed by atoms with Crippen molar-refractivity contribution in [3.63, 3.8) is 0 Å². The average molecular weight is 301 g/mol. The lowest BCUT2D eigenvalue weighted by atomic mass is 10.0. The molecule has 3 aromatic carbocycles. The van der Waals surface area contributed by atoms with Gasteiger partial charge in [-0.2, -0.15) is 0 Å². The number of rotatable bonds is 1. The summed E-state index contributed by atoms with van der Waals surface area (Å²) >= 11 is 0. The highest BCUT2D eigenvalue weighted by Gasteiger charge is 2.14. The highest BCUT2D eigenvalue weighted by Crippen LogP contribution is 2.35. The molecule has 0 saturated carbocycles. The Labute approximate surface area is 138 Å². The molecule has 1 aromatic heterocycles. The van der Waals surface area contributed by atoms with Crippen LogP contribution in [0.2, 0.25) is 0 Å². The van der Waals surface area contributed by atoms with Crippen molar-refractivity contribution >= 4 is 21.8 Å². The van der Waals surface area contributed by atoms with Gasteiger partial charge in [0.05, 0.1) is 11.0 Å². The van der Waals surface area contributed by atoms with Gasteiger partial charge in [0.25, 0.3) is 0 Å². The molecule has 0 N–H and O–H groups in total. The topological polar surface area (TPSA) is 4.93 Å². The molecule has 1 nitrogen and oxygen atoms in total. The number of hydrogen-bond donors (Lipinski definition) is 0. The second kappa shape index (κ2) is 6.29. The molecule has 0 aliphatic carbocycles. The fourth-order valence-corrected chi connectivity index (χ4v) is 3.31. The average Bonchev–Trinajstić information content (AvgIpc) is 2.94. The first-order chi connectivity index (χ1) is 11.3. The van der Waals surface area contributed by atoms with Gasteiger partial charge in [0.15, 0.2) is 0 Å². The number of hydrogen-bond acceptors (Lipinski definition) is 0. The van der Waals surface area contributed by atoms with E-state index in [1.54, 1.807) is 0 Å². The van der Waals surface area contributed by atoms with Crippen molar-refractivity contribution in [1.82, 2.24) is 4.57 Å². The van der Waals surface area contributed by atoms with Gasteiger partial charge >= 0.3 is 0 Å². The molecule has 116 valence electrons. The van der Waals surface area contributed by atoms with Crippen molar-refractivity contribution in [2.75, 3.05) is 0 Å². The molecule has 0 amide bonds. The van der Waals surface area contributed by atoms with Gasteiger partial charge in [0.1, 0.15) is 0 Å². The minimum Gasteiger partial charge on any atom is -0.309 e. The molecule has 0 bridgehead atoms. The Morgan fingerprint density at radius 1 is 0.565 bits per heavy atom. The summed E-state index contributed by atoms with van der Waals surface area (Å²) in [6.07, 6.45) is 0. The zero-order valence-corrected chi connectivity index (χ0v) is 14.3. The number of nitrogens with zero attached hydrogens (tertiary/aromatic N) is 1. The number of aromatic nitrogens is 1. The number of benzene rings is 3. The second-order valence-corrected chi connectivity index (χ2v) is 5.61. The molecule has 1 heteroatoms. The van der Waals surface area contributed by atoms with Crippen LogP contribution in [-0.2, 0) is 0 Å². The Balaban J connectivity index is 0.000000753. The zero-order valence-electron chi connectivity index (χ0n) is 14.3.